The van der Waals surface area contributed by atoms with Crippen LogP contribution in [0.3, 0.4) is 0 Å². The number of likely N-dealkylation sites (N-methyl/N-ethyl adjacent to an activating group) is 1. The van der Waals surface area contributed by atoms with E-state index < -0.39 is 30.8 Å². The molecule has 0 aliphatic carbocycles. The number of nitrogens with one attached hydrogen (secondary N) is 2. The molecule has 0 spiro atoms. The number of hydrogen-bond donors (Lipinski definition) is 2. The van der Waals surface area contributed by atoms with Crippen LogP contribution in [0.15, 0.2) is 18.2 Å². The van der Waals surface area contributed by atoms with E-state index >= 15 is 0 Å². The molecule has 1 aromatic carbocycles. The number of alkyl halides is 2. The smallest absolute Gasteiger partial charge is 0.262 e. The minimum atomic E-state index is -2.87. The molecule has 1 aromatic rings. The zero-order chi connectivity index (χ0) is 17.2. The molecule has 8 heteroatoms. The lowest BCUT2D eigenvalue weighted by Crippen LogP contribution is -2.44. The molecule has 1 unspecified atom stereocenters. The van der Waals surface area contributed by atoms with Crippen LogP contribution in [0, 0.1) is 13.8 Å². The van der Waals surface area contributed by atoms with E-state index in [9.17, 15) is 18.4 Å². The van der Waals surface area contributed by atoms with E-state index in [2.05, 4.69) is 10.6 Å². The fourth-order valence-electron chi connectivity index (χ4n) is 2.53. The van der Waals surface area contributed by atoms with Crippen molar-refractivity contribution in [2.75, 3.05) is 25.5 Å². The van der Waals surface area contributed by atoms with Crippen molar-refractivity contribution in [3.8, 4) is 0 Å². The number of benzene rings is 1. The summed E-state index contributed by atoms with van der Waals surface area (Å²) < 4.78 is 26.3. The second-order valence-corrected chi connectivity index (χ2v) is 5.98. The van der Waals surface area contributed by atoms with Crippen LogP contribution < -0.4 is 10.6 Å². The predicted molar refractivity (Wildman–Crippen MR) is 90.8 cm³/mol. The quantitative estimate of drug-likeness (QED) is 0.863. The van der Waals surface area contributed by atoms with Crippen LogP contribution in [0.1, 0.15) is 17.5 Å². The molecule has 2 N–H and O–H groups in total. The van der Waals surface area contributed by atoms with Gasteiger partial charge in [-0.1, -0.05) is 12.1 Å². The van der Waals surface area contributed by atoms with Crippen LogP contribution in [0.5, 0.6) is 0 Å². The lowest BCUT2D eigenvalue weighted by Gasteiger charge is -2.21. The summed E-state index contributed by atoms with van der Waals surface area (Å²) in [6, 6.07) is 4.61. The number of carbonyl (C=O) groups excluding carboxylic acids is 2. The van der Waals surface area contributed by atoms with Crippen molar-refractivity contribution in [1.82, 2.24) is 10.2 Å². The summed E-state index contributed by atoms with van der Waals surface area (Å²) in [5.74, 6) is -3.74. The van der Waals surface area contributed by atoms with Gasteiger partial charge >= 0.3 is 0 Å². The zero-order valence-electron chi connectivity index (χ0n) is 13.9. The molecule has 2 rings (SSSR count). The van der Waals surface area contributed by atoms with Crippen LogP contribution in [0.2, 0.25) is 0 Å². The van der Waals surface area contributed by atoms with Gasteiger partial charge in [-0.05, 0) is 31.0 Å². The summed E-state index contributed by atoms with van der Waals surface area (Å²) in [6.45, 7) is 3.14. The third kappa shape index (κ3) is 4.88. The Morgan fingerprint density at radius 1 is 1.38 bits per heavy atom. The molecule has 134 valence electrons. The van der Waals surface area contributed by atoms with Crippen LogP contribution in [-0.4, -0.2) is 48.8 Å². The first kappa shape index (κ1) is 20.3. The van der Waals surface area contributed by atoms with Gasteiger partial charge in [-0.3, -0.25) is 14.9 Å². The zero-order valence-corrected chi connectivity index (χ0v) is 14.7. The van der Waals surface area contributed by atoms with Crippen molar-refractivity contribution in [1.29, 1.82) is 0 Å². The monoisotopic (exact) mass is 361 g/mol. The molecule has 0 aromatic heterocycles. The lowest BCUT2D eigenvalue weighted by molar-refractivity contribution is -0.135. The minimum absolute atomic E-state index is 0. The minimum Gasteiger partial charge on any atom is -0.335 e. The van der Waals surface area contributed by atoms with Gasteiger partial charge in [-0.2, -0.15) is 0 Å². The van der Waals surface area contributed by atoms with Crippen LogP contribution in [-0.2, 0) is 9.59 Å². The number of aryl methyl sites for hydroxylation is 1. The van der Waals surface area contributed by atoms with E-state index in [4.69, 9.17) is 0 Å². The summed E-state index contributed by atoms with van der Waals surface area (Å²) in [6.07, 6.45) is -0.533. The molecule has 24 heavy (non-hydrogen) atoms. The fraction of sp³-hybridized carbons (Fsp3) is 0.500. The first-order chi connectivity index (χ1) is 10.7. The highest BCUT2D eigenvalue weighted by atomic mass is 35.5. The first-order valence-electron chi connectivity index (χ1n) is 7.42. The normalized spacial score (nSPS) is 18.6. The van der Waals surface area contributed by atoms with Gasteiger partial charge in [-0.25, -0.2) is 8.78 Å². The van der Waals surface area contributed by atoms with E-state index in [1.54, 1.807) is 6.07 Å². The number of rotatable bonds is 4. The van der Waals surface area contributed by atoms with E-state index in [-0.39, 0.29) is 24.9 Å². The second kappa shape index (κ2) is 7.90. The van der Waals surface area contributed by atoms with Crippen molar-refractivity contribution in [2.45, 2.75) is 32.2 Å². The molecule has 0 bridgehead atoms. The first-order valence-corrected chi connectivity index (χ1v) is 7.42. The maximum Gasteiger partial charge on any atom is 0.262 e. The lowest BCUT2D eigenvalue weighted by atomic mass is 10.1. The average Bonchev–Trinajstić information content (AvgIpc) is 2.83. The maximum absolute atomic E-state index is 13.1. The number of halogens is 3. The molecule has 1 heterocycles. The van der Waals surface area contributed by atoms with E-state index in [0.29, 0.717) is 5.69 Å². The largest absolute Gasteiger partial charge is 0.335 e. The molecule has 2 amide bonds. The molecule has 0 saturated carbocycles. The van der Waals surface area contributed by atoms with Gasteiger partial charge in [0.15, 0.2) is 0 Å². The van der Waals surface area contributed by atoms with Gasteiger partial charge < -0.3 is 10.2 Å². The molecule has 1 aliphatic heterocycles. The number of anilines is 1. The van der Waals surface area contributed by atoms with Gasteiger partial charge in [0.2, 0.25) is 11.8 Å². The van der Waals surface area contributed by atoms with Crippen LogP contribution >= 0.6 is 12.4 Å². The Balaban J connectivity index is 0.00000288. The third-order valence-electron chi connectivity index (χ3n) is 4.04. The fourth-order valence-corrected chi connectivity index (χ4v) is 2.53. The average molecular weight is 362 g/mol. The van der Waals surface area contributed by atoms with Crippen molar-refractivity contribution in [3.63, 3.8) is 0 Å². The second-order valence-electron chi connectivity index (χ2n) is 5.98. The van der Waals surface area contributed by atoms with E-state index in [0.717, 1.165) is 11.1 Å². The molecule has 0 radical (unpaired) electrons. The van der Waals surface area contributed by atoms with E-state index in [1.807, 2.05) is 26.0 Å². The molecule has 1 atom stereocenters. The summed E-state index contributed by atoms with van der Waals surface area (Å²) in [5, 5.41) is 5.24. The Morgan fingerprint density at radius 3 is 2.62 bits per heavy atom. The SMILES string of the molecule is Cc1cccc(NC(=O)CN(C)C(=O)C2CC(F)(F)CN2)c1C.Cl. The Morgan fingerprint density at radius 2 is 2.04 bits per heavy atom. The highest BCUT2D eigenvalue weighted by Gasteiger charge is 2.43. The van der Waals surface area contributed by atoms with Crippen LogP contribution in [0.4, 0.5) is 14.5 Å². The van der Waals surface area contributed by atoms with Gasteiger partial charge in [-0.15, -0.1) is 12.4 Å². The molecular weight excluding hydrogens is 340 g/mol. The number of hydrogen-bond acceptors (Lipinski definition) is 3. The Labute approximate surface area is 146 Å². The van der Waals surface area contributed by atoms with E-state index in [1.165, 1.54) is 11.9 Å². The van der Waals surface area contributed by atoms with Gasteiger partial charge in [0.1, 0.15) is 0 Å². The van der Waals surface area contributed by atoms with Crippen molar-refractivity contribution in [3.05, 3.63) is 29.3 Å². The van der Waals surface area contributed by atoms with Gasteiger partial charge in [0, 0.05) is 19.2 Å². The standard InChI is InChI=1S/C16H21F2N3O2.ClH/c1-10-5-4-6-12(11(10)2)20-14(22)8-21(3)15(23)13-7-16(17,18)9-19-13;/h4-6,13,19H,7-9H2,1-3H3,(H,20,22);1H. The van der Waals surface area contributed by atoms with Gasteiger partial charge in [0.05, 0.1) is 19.1 Å². The number of amides is 2. The highest BCUT2D eigenvalue weighted by Crippen LogP contribution is 2.25. The molecule has 1 fully saturated rings. The number of nitrogens with zero attached hydrogens (tertiary/aromatic N) is 1. The molecular formula is C16H22ClF2N3O2. The summed E-state index contributed by atoms with van der Waals surface area (Å²) in [4.78, 5) is 25.3. The topological polar surface area (TPSA) is 61.4 Å². The Bertz CT molecular complexity index is 625. The Kier molecular flexibility index (Phi) is 6.68. The predicted octanol–water partition coefficient (Wildman–Crippen LogP) is 2.12. The van der Waals surface area contributed by atoms with Crippen LogP contribution in [0.25, 0.3) is 0 Å². The highest BCUT2D eigenvalue weighted by molar-refractivity contribution is 5.95. The molecule has 1 aliphatic rings. The van der Waals surface area contributed by atoms with Crippen molar-refractivity contribution < 1.29 is 18.4 Å². The van der Waals surface area contributed by atoms with Crippen molar-refractivity contribution in [2.24, 2.45) is 0 Å². The Hall–Kier alpha value is -1.73. The number of carbonyl (C=O) groups is 2. The third-order valence-corrected chi connectivity index (χ3v) is 4.04. The maximum atomic E-state index is 13.1. The molecule has 1 saturated heterocycles. The summed E-state index contributed by atoms with van der Waals surface area (Å²) in [5.41, 5.74) is 2.68. The van der Waals surface area contributed by atoms with Crippen molar-refractivity contribution >= 4 is 29.9 Å². The molecule has 5 nitrogen and oxygen atoms in total. The summed E-state index contributed by atoms with van der Waals surface area (Å²) >= 11 is 0. The summed E-state index contributed by atoms with van der Waals surface area (Å²) in [7, 11) is 1.43. The van der Waals surface area contributed by atoms with Gasteiger partial charge in [0.25, 0.3) is 5.92 Å².